The molecule has 24 heavy (non-hydrogen) atoms. The van der Waals surface area contributed by atoms with Gasteiger partial charge in [0, 0.05) is 51.2 Å². The number of hydrogen-bond donors (Lipinski definition) is 0. The van der Waals surface area contributed by atoms with Gasteiger partial charge in [0.25, 0.3) is 5.91 Å². The highest BCUT2D eigenvalue weighted by atomic mass is 32.2. The fraction of sp³-hybridized carbons (Fsp3) is 0.588. The average molecular weight is 347 g/mol. The molecule has 0 bridgehead atoms. The lowest BCUT2D eigenvalue weighted by molar-refractivity contribution is 0.0694. The van der Waals surface area contributed by atoms with Gasteiger partial charge in [-0.3, -0.25) is 9.79 Å². The number of rotatable bonds is 2. The zero-order chi connectivity index (χ0) is 17.3. The number of aromatic nitrogens is 1. The van der Waals surface area contributed by atoms with Gasteiger partial charge in [-0.05, 0) is 26.0 Å². The fourth-order valence-electron chi connectivity index (χ4n) is 2.93. The molecule has 7 heteroatoms. The highest BCUT2D eigenvalue weighted by molar-refractivity contribution is 8.15. The molecule has 130 valence electrons. The fourth-order valence-corrected chi connectivity index (χ4v) is 3.99. The molecule has 1 amide bonds. The van der Waals surface area contributed by atoms with E-state index in [0.717, 1.165) is 43.7 Å². The molecule has 1 aromatic rings. The highest BCUT2D eigenvalue weighted by Gasteiger charge is 2.32. The summed E-state index contributed by atoms with van der Waals surface area (Å²) >= 11 is 1.84. The molecule has 0 atom stereocenters. The number of nitrogens with zero attached hydrogens (tertiary/aromatic N) is 5. The zero-order valence-corrected chi connectivity index (χ0v) is 15.6. The van der Waals surface area contributed by atoms with Crippen molar-refractivity contribution in [3.05, 3.63) is 23.9 Å². The van der Waals surface area contributed by atoms with Gasteiger partial charge in [0.1, 0.15) is 5.82 Å². The van der Waals surface area contributed by atoms with Gasteiger partial charge in [-0.25, -0.2) is 4.98 Å². The number of hydrogen-bond acceptors (Lipinski definition) is 6. The van der Waals surface area contributed by atoms with Crippen LogP contribution in [0.3, 0.4) is 0 Å². The SMILES string of the molecule is CN(C)c1ncccc1C(=O)N1CCN(C2=NCC(C)(C)S2)CC1. The Morgan fingerprint density at radius 3 is 2.54 bits per heavy atom. The van der Waals surface area contributed by atoms with Crippen LogP contribution in [0.4, 0.5) is 5.82 Å². The zero-order valence-electron chi connectivity index (χ0n) is 14.8. The lowest BCUT2D eigenvalue weighted by Gasteiger charge is -2.36. The maximum atomic E-state index is 12.9. The maximum absolute atomic E-state index is 12.9. The summed E-state index contributed by atoms with van der Waals surface area (Å²) in [5.74, 6) is 0.787. The molecule has 1 fully saturated rings. The molecule has 1 aromatic heterocycles. The van der Waals surface area contributed by atoms with Gasteiger partial charge in [0.2, 0.25) is 0 Å². The van der Waals surface area contributed by atoms with Crippen molar-refractivity contribution >= 4 is 28.7 Å². The molecule has 3 heterocycles. The third kappa shape index (κ3) is 3.50. The van der Waals surface area contributed by atoms with E-state index in [0.29, 0.717) is 5.56 Å². The van der Waals surface area contributed by atoms with Crippen LogP contribution >= 0.6 is 11.8 Å². The first-order valence-corrected chi connectivity index (χ1v) is 9.09. The summed E-state index contributed by atoms with van der Waals surface area (Å²) in [6, 6.07) is 3.68. The van der Waals surface area contributed by atoms with E-state index in [1.54, 1.807) is 6.20 Å². The van der Waals surface area contributed by atoms with E-state index in [-0.39, 0.29) is 10.7 Å². The van der Waals surface area contributed by atoms with Crippen molar-refractivity contribution in [3.8, 4) is 0 Å². The van der Waals surface area contributed by atoms with Crippen molar-refractivity contribution < 1.29 is 4.79 Å². The predicted octanol–water partition coefficient (Wildman–Crippen LogP) is 1.79. The Hall–Kier alpha value is -1.76. The van der Waals surface area contributed by atoms with Crippen LogP contribution in [0.15, 0.2) is 23.3 Å². The first kappa shape index (κ1) is 17.1. The van der Waals surface area contributed by atoms with Crippen LogP contribution in [0.5, 0.6) is 0 Å². The third-order valence-corrected chi connectivity index (χ3v) is 5.49. The molecule has 2 aliphatic rings. The van der Waals surface area contributed by atoms with Gasteiger partial charge in [-0.1, -0.05) is 11.8 Å². The summed E-state index contributed by atoms with van der Waals surface area (Å²) in [6.07, 6.45) is 1.72. The molecule has 1 saturated heterocycles. The molecule has 6 nitrogen and oxygen atoms in total. The molecule has 0 radical (unpaired) electrons. The molecule has 0 aliphatic carbocycles. The Bertz CT molecular complexity index is 650. The Kier molecular flexibility index (Phi) is 4.71. The lowest BCUT2D eigenvalue weighted by Crippen LogP contribution is -2.50. The minimum absolute atomic E-state index is 0.0628. The number of amidine groups is 1. The van der Waals surface area contributed by atoms with Gasteiger partial charge in [-0.2, -0.15) is 0 Å². The topological polar surface area (TPSA) is 52.0 Å². The molecule has 2 aliphatic heterocycles. The number of thioether (sulfide) groups is 1. The van der Waals surface area contributed by atoms with E-state index in [1.165, 1.54) is 0 Å². The van der Waals surface area contributed by atoms with Crippen molar-refractivity contribution in [2.75, 3.05) is 51.7 Å². The van der Waals surface area contributed by atoms with E-state index in [2.05, 4.69) is 28.7 Å². The first-order chi connectivity index (χ1) is 11.4. The Morgan fingerprint density at radius 2 is 1.96 bits per heavy atom. The number of aliphatic imine (C=N–C) groups is 1. The highest BCUT2D eigenvalue weighted by Crippen LogP contribution is 2.33. The molecular formula is C17H25N5OS. The van der Waals surface area contributed by atoms with Crippen molar-refractivity contribution in [1.29, 1.82) is 0 Å². The van der Waals surface area contributed by atoms with E-state index in [9.17, 15) is 4.79 Å². The van der Waals surface area contributed by atoms with E-state index >= 15 is 0 Å². The number of pyridine rings is 1. The number of anilines is 1. The van der Waals surface area contributed by atoms with Crippen LogP contribution in [-0.2, 0) is 0 Å². The van der Waals surface area contributed by atoms with Gasteiger partial charge in [0.05, 0.1) is 12.1 Å². The van der Waals surface area contributed by atoms with Crippen LogP contribution in [0.25, 0.3) is 0 Å². The minimum Gasteiger partial charge on any atom is -0.362 e. The second kappa shape index (κ2) is 6.63. The first-order valence-electron chi connectivity index (χ1n) is 8.27. The largest absolute Gasteiger partial charge is 0.362 e. The van der Waals surface area contributed by atoms with E-state index in [1.807, 2.05) is 47.8 Å². The number of piperazine rings is 1. The summed E-state index contributed by atoms with van der Waals surface area (Å²) in [4.78, 5) is 28.0. The van der Waals surface area contributed by atoms with Crippen molar-refractivity contribution in [2.24, 2.45) is 4.99 Å². The van der Waals surface area contributed by atoms with Crippen molar-refractivity contribution in [1.82, 2.24) is 14.8 Å². The Balaban J connectivity index is 1.64. The van der Waals surface area contributed by atoms with Gasteiger partial charge >= 0.3 is 0 Å². The number of amides is 1. The maximum Gasteiger partial charge on any atom is 0.257 e. The molecule has 0 saturated carbocycles. The summed E-state index contributed by atoms with van der Waals surface area (Å²) in [7, 11) is 3.82. The minimum atomic E-state index is 0.0628. The lowest BCUT2D eigenvalue weighted by atomic mass is 10.2. The molecular weight excluding hydrogens is 322 g/mol. The van der Waals surface area contributed by atoms with Crippen LogP contribution in [0, 0.1) is 0 Å². The molecule has 0 spiro atoms. The van der Waals surface area contributed by atoms with Gasteiger partial charge in [0.15, 0.2) is 5.17 Å². The monoisotopic (exact) mass is 347 g/mol. The second-order valence-corrected chi connectivity index (χ2v) is 8.68. The number of carbonyl (C=O) groups excluding carboxylic acids is 1. The van der Waals surface area contributed by atoms with E-state index < -0.39 is 0 Å². The Morgan fingerprint density at radius 1 is 1.25 bits per heavy atom. The van der Waals surface area contributed by atoms with Crippen molar-refractivity contribution in [2.45, 2.75) is 18.6 Å². The molecule has 0 N–H and O–H groups in total. The third-order valence-electron chi connectivity index (χ3n) is 4.24. The summed E-state index contributed by atoms with van der Waals surface area (Å²) in [6.45, 7) is 8.43. The summed E-state index contributed by atoms with van der Waals surface area (Å²) < 4.78 is 0.193. The Labute approximate surface area is 147 Å². The van der Waals surface area contributed by atoms with Crippen molar-refractivity contribution in [3.63, 3.8) is 0 Å². The van der Waals surface area contributed by atoms with Crippen LogP contribution < -0.4 is 4.90 Å². The van der Waals surface area contributed by atoms with Gasteiger partial charge in [-0.15, -0.1) is 0 Å². The van der Waals surface area contributed by atoms with Crippen LogP contribution in [-0.4, -0.2) is 77.4 Å². The molecule has 3 rings (SSSR count). The predicted molar refractivity (Wildman–Crippen MR) is 100 cm³/mol. The standard InChI is InChI=1S/C17H25N5OS/c1-17(2)12-19-16(24-17)22-10-8-21(9-11-22)15(23)13-6-5-7-18-14(13)20(3)4/h5-7H,8-12H2,1-4H3. The normalized spacial score (nSPS) is 20.1. The van der Waals surface area contributed by atoms with Gasteiger partial charge < -0.3 is 14.7 Å². The smallest absolute Gasteiger partial charge is 0.257 e. The average Bonchev–Trinajstić information content (AvgIpc) is 2.94. The molecule has 0 aromatic carbocycles. The number of carbonyl (C=O) groups is 1. The quantitative estimate of drug-likeness (QED) is 0.816. The van der Waals surface area contributed by atoms with Crippen LogP contribution in [0.1, 0.15) is 24.2 Å². The molecule has 0 unspecified atom stereocenters. The summed E-state index contributed by atoms with van der Waals surface area (Å²) in [5.41, 5.74) is 0.671. The second-order valence-electron chi connectivity index (χ2n) is 7.01. The summed E-state index contributed by atoms with van der Waals surface area (Å²) in [5, 5.41) is 1.13. The van der Waals surface area contributed by atoms with E-state index in [4.69, 9.17) is 0 Å². The van der Waals surface area contributed by atoms with Crippen LogP contribution in [0.2, 0.25) is 0 Å².